The van der Waals surface area contributed by atoms with Gasteiger partial charge in [-0.1, -0.05) is 30.3 Å². The molecule has 0 amide bonds. The number of ether oxygens (including phenoxy) is 1. The molecule has 0 N–H and O–H groups in total. The summed E-state index contributed by atoms with van der Waals surface area (Å²) in [5.74, 6) is 0. The number of hydrogen-bond donors (Lipinski definition) is 0. The van der Waals surface area contributed by atoms with Crippen LogP contribution in [0.4, 0.5) is 0 Å². The third-order valence-corrected chi connectivity index (χ3v) is 3.09. The van der Waals surface area contributed by atoms with E-state index in [4.69, 9.17) is 4.74 Å². The van der Waals surface area contributed by atoms with Gasteiger partial charge in [0.05, 0.1) is 6.61 Å². The Bertz CT molecular complexity index is 286. The van der Waals surface area contributed by atoms with Gasteiger partial charge in [0.1, 0.15) is 0 Å². The van der Waals surface area contributed by atoms with Gasteiger partial charge in [0.25, 0.3) is 0 Å². The highest BCUT2D eigenvalue weighted by atomic mass is 16.5. The van der Waals surface area contributed by atoms with Gasteiger partial charge in [0.2, 0.25) is 0 Å². The van der Waals surface area contributed by atoms with E-state index in [1.165, 1.54) is 24.9 Å². The average Bonchev–Trinajstić information content (AvgIpc) is 2.68. The van der Waals surface area contributed by atoms with Crippen molar-refractivity contribution in [2.75, 3.05) is 20.3 Å². The Morgan fingerprint density at radius 2 is 2.13 bits per heavy atom. The van der Waals surface area contributed by atoms with Crippen molar-refractivity contribution in [1.29, 1.82) is 0 Å². The van der Waals surface area contributed by atoms with Gasteiger partial charge in [-0.15, -0.1) is 0 Å². The van der Waals surface area contributed by atoms with Crippen LogP contribution in [-0.4, -0.2) is 31.2 Å². The molecule has 1 unspecified atom stereocenters. The van der Waals surface area contributed by atoms with Crippen LogP contribution < -0.4 is 0 Å². The highest BCUT2D eigenvalue weighted by molar-refractivity contribution is 5.14. The van der Waals surface area contributed by atoms with Gasteiger partial charge in [0.15, 0.2) is 0 Å². The molecule has 1 heterocycles. The van der Waals surface area contributed by atoms with Gasteiger partial charge in [-0.05, 0) is 24.9 Å². The summed E-state index contributed by atoms with van der Waals surface area (Å²) in [6, 6.07) is 11.3. The van der Waals surface area contributed by atoms with E-state index in [-0.39, 0.29) is 0 Å². The largest absolute Gasteiger partial charge is 0.383 e. The Balaban J connectivity index is 1.93. The zero-order chi connectivity index (χ0) is 10.5. The van der Waals surface area contributed by atoms with E-state index in [1.54, 1.807) is 7.11 Å². The molecule has 1 aliphatic heterocycles. The first kappa shape index (κ1) is 10.7. The van der Waals surface area contributed by atoms with Crippen molar-refractivity contribution >= 4 is 0 Å². The fraction of sp³-hybridized carbons (Fsp3) is 0.538. The summed E-state index contributed by atoms with van der Waals surface area (Å²) in [5.41, 5.74) is 1.40. The number of methoxy groups -OCH3 is 1. The second-order valence-electron chi connectivity index (χ2n) is 4.21. The molecule has 1 saturated heterocycles. The molecule has 0 spiro atoms. The second-order valence-corrected chi connectivity index (χ2v) is 4.21. The van der Waals surface area contributed by atoms with Crippen LogP contribution in [0.3, 0.4) is 0 Å². The van der Waals surface area contributed by atoms with E-state index < -0.39 is 0 Å². The molecule has 0 saturated carbocycles. The van der Waals surface area contributed by atoms with E-state index in [0.29, 0.717) is 6.04 Å². The molecule has 1 aliphatic rings. The van der Waals surface area contributed by atoms with Gasteiger partial charge in [-0.25, -0.2) is 0 Å². The lowest BCUT2D eigenvalue weighted by Gasteiger charge is -2.23. The molecule has 0 aromatic heterocycles. The third-order valence-electron chi connectivity index (χ3n) is 3.09. The molecule has 1 atom stereocenters. The SMILES string of the molecule is COCC1CCCN1Cc1ccccc1. The Hall–Kier alpha value is -0.860. The smallest absolute Gasteiger partial charge is 0.0618 e. The minimum absolute atomic E-state index is 0.621. The predicted molar refractivity (Wildman–Crippen MR) is 61.8 cm³/mol. The van der Waals surface area contributed by atoms with Crippen LogP contribution in [0.15, 0.2) is 30.3 Å². The number of hydrogen-bond acceptors (Lipinski definition) is 2. The van der Waals surface area contributed by atoms with Crippen molar-refractivity contribution in [2.45, 2.75) is 25.4 Å². The topological polar surface area (TPSA) is 12.5 Å². The summed E-state index contributed by atoms with van der Waals surface area (Å²) in [6.07, 6.45) is 2.58. The summed E-state index contributed by atoms with van der Waals surface area (Å²) < 4.78 is 5.25. The Kier molecular flexibility index (Phi) is 3.75. The molecule has 0 bridgehead atoms. The first-order chi connectivity index (χ1) is 7.40. The summed E-state index contributed by atoms with van der Waals surface area (Å²) >= 11 is 0. The van der Waals surface area contributed by atoms with Crippen molar-refractivity contribution < 1.29 is 4.74 Å². The van der Waals surface area contributed by atoms with Crippen LogP contribution in [0, 0.1) is 0 Å². The summed E-state index contributed by atoms with van der Waals surface area (Å²) in [5, 5.41) is 0. The van der Waals surface area contributed by atoms with Gasteiger partial charge in [-0.3, -0.25) is 4.90 Å². The molecule has 0 radical (unpaired) electrons. The zero-order valence-electron chi connectivity index (χ0n) is 9.36. The molecule has 2 heteroatoms. The molecular weight excluding hydrogens is 186 g/mol. The molecule has 0 aliphatic carbocycles. The third kappa shape index (κ3) is 2.80. The van der Waals surface area contributed by atoms with Crippen molar-refractivity contribution in [3.05, 3.63) is 35.9 Å². The normalized spacial score (nSPS) is 22.1. The first-order valence-electron chi connectivity index (χ1n) is 5.67. The lowest BCUT2D eigenvalue weighted by molar-refractivity contribution is 0.112. The monoisotopic (exact) mass is 205 g/mol. The van der Waals surface area contributed by atoms with Gasteiger partial charge < -0.3 is 4.74 Å². The molecule has 82 valence electrons. The summed E-state index contributed by atoms with van der Waals surface area (Å²) in [6.45, 7) is 3.14. The predicted octanol–water partition coefficient (Wildman–Crippen LogP) is 2.30. The lowest BCUT2D eigenvalue weighted by Crippen LogP contribution is -2.32. The Morgan fingerprint density at radius 3 is 2.87 bits per heavy atom. The van der Waals surface area contributed by atoms with Gasteiger partial charge in [0, 0.05) is 19.7 Å². The number of rotatable bonds is 4. The molecule has 1 aromatic rings. The van der Waals surface area contributed by atoms with Crippen molar-refractivity contribution in [2.24, 2.45) is 0 Å². The molecule has 15 heavy (non-hydrogen) atoms. The van der Waals surface area contributed by atoms with Crippen LogP contribution in [-0.2, 0) is 11.3 Å². The van der Waals surface area contributed by atoms with Crippen LogP contribution in [0.5, 0.6) is 0 Å². The first-order valence-corrected chi connectivity index (χ1v) is 5.67. The van der Waals surface area contributed by atoms with Crippen LogP contribution >= 0.6 is 0 Å². The zero-order valence-corrected chi connectivity index (χ0v) is 9.36. The highest BCUT2D eigenvalue weighted by Gasteiger charge is 2.23. The molecule has 2 rings (SSSR count). The molecule has 1 aromatic carbocycles. The number of nitrogens with zero attached hydrogens (tertiary/aromatic N) is 1. The standard InChI is InChI=1S/C13H19NO/c1-15-11-13-8-5-9-14(13)10-12-6-3-2-4-7-12/h2-4,6-7,13H,5,8-11H2,1H3. The second kappa shape index (κ2) is 5.29. The number of benzene rings is 1. The molecule has 2 nitrogen and oxygen atoms in total. The maximum Gasteiger partial charge on any atom is 0.0618 e. The lowest BCUT2D eigenvalue weighted by atomic mass is 10.2. The van der Waals surface area contributed by atoms with Crippen LogP contribution in [0.1, 0.15) is 18.4 Å². The van der Waals surface area contributed by atoms with E-state index >= 15 is 0 Å². The van der Waals surface area contributed by atoms with Crippen molar-refractivity contribution in [3.8, 4) is 0 Å². The maximum atomic E-state index is 5.25. The van der Waals surface area contributed by atoms with E-state index in [9.17, 15) is 0 Å². The fourth-order valence-corrected chi connectivity index (χ4v) is 2.30. The van der Waals surface area contributed by atoms with Crippen molar-refractivity contribution in [1.82, 2.24) is 4.90 Å². The Morgan fingerprint density at radius 1 is 1.33 bits per heavy atom. The highest BCUT2D eigenvalue weighted by Crippen LogP contribution is 2.19. The van der Waals surface area contributed by atoms with Gasteiger partial charge in [-0.2, -0.15) is 0 Å². The molecular formula is C13H19NO. The fourth-order valence-electron chi connectivity index (χ4n) is 2.30. The van der Waals surface area contributed by atoms with Crippen molar-refractivity contribution in [3.63, 3.8) is 0 Å². The summed E-state index contributed by atoms with van der Waals surface area (Å²) in [7, 11) is 1.79. The van der Waals surface area contributed by atoms with E-state index in [0.717, 1.165) is 13.2 Å². The summed E-state index contributed by atoms with van der Waals surface area (Å²) in [4.78, 5) is 2.53. The minimum Gasteiger partial charge on any atom is -0.383 e. The van der Waals surface area contributed by atoms with E-state index in [2.05, 4.69) is 35.2 Å². The maximum absolute atomic E-state index is 5.25. The Labute approximate surface area is 91.9 Å². The van der Waals surface area contributed by atoms with Crippen LogP contribution in [0.2, 0.25) is 0 Å². The number of likely N-dealkylation sites (tertiary alicyclic amines) is 1. The van der Waals surface area contributed by atoms with E-state index in [1.807, 2.05) is 0 Å². The minimum atomic E-state index is 0.621. The quantitative estimate of drug-likeness (QED) is 0.748. The van der Waals surface area contributed by atoms with Gasteiger partial charge >= 0.3 is 0 Å². The van der Waals surface area contributed by atoms with Crippen LogP contribution in [0.25, 0.3) is 0 Å². The average molecular weight is 205 g/mol. The molecule has 1 fully saturated rings.